The number of aliphatic hydroxyl groups excluding tert-OH is 1. The van der Waals surface area contributed by atoms with Crippen molar-refractivity contribution in [2.45, 2.75) is 19.4 Å². The van der Waals surface area contributed by atoms with Crippen LogP contribution in [0.4, 0.5) is 0 Å². The van der Waals surface area contributed by atoms with Gasteiger partial charge in [-0.25, -0.2) is 0 Å². The molecule has 2 N–H and O–H groups in total. The van der Waals surface area contributed by atoms with Crippen molar-refractivity contribution < 1.29 is 9.90 Å². The molecule has 0 radical (unpaired) electrons. The van der Waals surface area contributed by atoms with Crippen LogP contribution < -0.4 is 5.43 Å². The zero-order valence-electron chi connectivity index (χ0n) is 7.03. The molecule has 1 amide bonds. The van der Waals surface area contributed by atoms with Crippen LogP contribution in [0.5, 0.6) is 0 Å². The third kappa shape index (κ3) is 1.73. The maximum atomic E-state index is 11.4. The summed E-state index contributed by atoms with van der Waals surface area (Å²) in [5.41, 5.74) is 2.67. The van der Waals surface area contributed by atoms with E-state index in [1.54, 1.807) is 0 Å². The quantitative estimate of drug-likeness (QED) is 0.580. The summed E-state index contributed by atoms with van der Waals surface area (Å²) in [6.07, 6.45) is 2.18. The summed E-state index contributed by atoms with van der Waals surface area (Å²) in [7, 11) is 0. The van der Waals surface area contributed by atoms with Crippen LogP contribution in [0.15, 0.2) is 4.99 Å². The van der Waals surface area contributed by atoms with Crippen molar-refractivity contribution in [2.24, 2.45) is 4.99 Å². The molecule has 0 spiro atoms. The Morgan fingerprint density at radius 3 is 3.17 bits per heavy atom. The van der Waals surface area contributed by atoms with Gasteiger partial charge in [-0.15, -0.1) is 0 Å². The Hall–Kier alpha value is -1.10. The van der Waals surface area contributed by atoms with Gasteiger partial charge in [0, 0.05) is 0 Å². The van der Waals surface area contributed by atoms with Crippen LogP contribution in [-0.4, -0.2) is 41.6 Å². The predicted molar refractivity (Wildman–Crippen MR) is 44.5 cm³/mol. The van der Waals surface area contributed by atoms with Gasteiger partial charge in [-0.05, 0) is 6.42 Å². The molecule has 0 fully saturated rings. The molecular formula is C7H13N3O2. The topological polar surface area (TPSA) is 64.9 Å². The first kappa shape index (κ1) is 8.99. The number of rotatable bonds is 3. The fraction of sp³-hybridized carbons (Fsp3) is 0.714. The first-order chi connectivity index (χ1) is 5.79. The Balaban J connectivity index is 2.57. The zero-order chi connectivity index (χ0) is 8.97. The number of nitrogens with one attached hydrogen (secondary N) is 1. The number of carbonyl (C=O) groups excluding carboxylic acids is 1. The summed E-state index contributed by atoms with van der Waals surface area (Å²) in [6.45, 7) is 2.17. The van der Waals surface area contributed by atoms with Gasteiger partial charge >= 0.3 is 0 Å². The third-order valence-corrected chi connectivity index (χ3v) is 1.73. The van der Waals surface area contributed by atoms with E-state index in [0.29, 0.717) is 13.0 Å². The smallest absolute Gasteiger partial charge is 0.265 e. The minimum Gasteiger partial charge on any atom is -0.394 e. The average molecular weight is 171 g/mol. The van der Waals surface area contributed by atoms with Crippen molar-refractivity contribution in [1.82, 2.24) is 10.4 Å². The molecule has 1 rings (SSSR count). The van der Waals surface area contributed by atoms with Gasteiger partial charge in [0.05, 0.1) is 13.2 Å². The standard InChI is InChI=1S/C7H13N3O2/c1-2-6-7(12)10(3-4-11)9-5-8-6/h5-6,11H,2-4H2,1H3,(H,8,9). The first-order valence-electron chi connectivity index (χ1n) is 3.99. The van der Waals surface area contributed by atoms with E-state index in [9.17, 15) is 4.79 Å². The van der Waals surface area contributed by atoms with Crippen LogP contribution in [0.3, 0.4) is 0 Å². The maximum Gasteiger partial charge on any atom is 0.265 e. The Morgan fingerprint density at radius 2 is 2.58 bits per heavy atom. The Labute approximate surface area is 71.1 Å². The number of hydrazine groups is 1. The van der Waals surface area contributed by atoms with Crippen LogP contribution in [-0.2, 0) is 4.79 Å². The summed E-state index contributed by atoms with van der Waals surface area (Å²) in [6, 6.07) is -0.280. The molecule has 0 aromatic heterocycles. The largest absolute Gasteiger partial charge is 0.394 e. The zero-order valence-corrected chi connectivity index (χ0v) is 7.03. The van der Waals surface area contributed by atoms with Gasteiger partial charge in [0.2, 0.25) is 0 Å². The molecule has 68 valence electrons. The van der Waals surface area contributed by atoms with Gasteiger partial charge in [0.25, 0.3) is 5.91 Å². The summed E-state index contributed by atoms with van der Waals surface area (Å²) in [4.78, 5) is 15.3. The number of hydrogen-bond acceptors (Lipinski definition) is 4. The molecule has 0 aliphatic carbocycles. The molecule has 1 heterocycles. The molecule has 1 unspecified atom stereocenters. The SMILES string of the molecule is CCC1N=CNN(CCO)C1=O. The van der Waals surface area contributed by atoms with E-state index < -0.39 is 0 Å². The van der Waals surface area contributed by atoms with Crippen LogP contribution in [0.2, 0.25) is 0 Å². The van der Waals surface area contributed by atoms with Gasteiger partial charge in [-0.3, -0.25) is 20.2 Å². The number of carbonyl (C=O) groups is 1. The molecule has 1 atom stereocenters. The lowest BCUT2D eigenvalue weighted by Crippen LogP contribution is -2.51. The van der Waals surface area contributed by atoms with Gasteiger partial charge < -0.3 is 5.11 Å². The number of amides is 1. The van der Waals surface area contributed by atoms with Crippen molar-refractivity contribution in [3.8, 4) is 0 Å². The van der Waals surface area contributed by atoms with E-state index in [-0.39, 0.29) is 18.6 Å². The van der Waals surface area contributed by atoms with E-state index in [4.69, 9.17) is 5.11 Å². The van der Waals surface area contributed by atoms with Crippen LogP contribution in [0.1, 0.15) is 13.3 Å². The van der Waals surface area contributed by atoms with Crippen molar-refractivity contribution in [1.29, 1.82) is 0 Å². The Bertz CT molecular complexity index is 193. The number of aliphatic hydroxyl groups is 1. The monoisotopic (exact) mass is 171 g/mol. The molecule has 1 aliphatic heterocycles. The number of hydrogen-bond donors (Lipinski definition) is 2. The fourth-order valence-corrected chi connectivity index (χ4v) is 1.06. The highest BCUT2D eigenvalue weighted by Crippen LogP contribution is 2.04. The second kappa shape index (κ2) is 4.06. The molecular weight excluding hydrogens is 158 g/mol. The van der Waals surface area contributed by atoms with E-state index >= 15 is 0 Å². The molecule has 0 bridgehead atoms. The van der Waals surface area contributed by atoms with Crippen LogP contribution in [0, 0.1) is 0 Å². The lowest BCUT2D eigenvalue weighted by molar-refractivity contribution is -0.135. The first-order valence-corrected chi connectivity index (χ1v) is 3.99. The minimum absolute atomic E-state index is 0.0387. The number of aliphatic imine (C=N–C) groups is 1. The molecule has 12 heavy (non-hydrogen) atoms. The van der Waals surface area contributed by atoms with Crippen LogP contribution in [0.25, 0.3) is 0 Å². The van der Waals surface area contributed by atoms with Crippen LogP contribution >= 0.6 is 0 Å². The van der Waals surface area contributed by atoms with E-state index in [1.807, 2.05) is 6.92 Å². The Kier molecular flexibility index (Phi) is 3.04. The molecule has 0 saturated carbocycles. The highest BCUT2D eigenvalue weighted by Gasteiger charge is 2.23. The Morgan fingerprint density at radius 1 is 1.83 bits per heavy atom. The number of nitrogens with zero attached hydrogens (tertiary/aromatic N) is 2. The minimum atomic E-state index is -0.280. The second-order valence-electron chi connectivity index (χ2n) is 2.54. The maximum absolute atomic E-state index is 11.4. The molecule has 0 aromatic carbocycles. The molecule has 5 heteroatoms. The summed E-state index contributed by atoms with van der Waals surface area (Å²) in [5.74, 6) is -0.0750. The lowest BCUT2D eigenvalue weighted by Gasteiger charge is -2.27. The van der Waals surface area contributed by atoms with Crippen molar-refractivity contribution in [3.63, 3.8) is 0 Å². The van der Waals surface area contributed by atoms with Crippen molar-refractivity contribution in [2.75, 3.05) is 13.2 Å². The second-order valence-corrected chi connectivity index (χ2v) is 2.54. The highest BCUT2D eigenvalue weighted by atomic mass is 16.3. The van der Waals surface area contributed by atoms with Gasteiger partial charge in [0.15, 0.2) is 0 Å². The average Bonchev–Trinajstić information content (AvgIpc) is 2.09. The molecule has 0 aromatic rings. The number of β-amino-alcohol motifs (C(OH)–C–C–N with tert-alkyl or cyclic N) is 1. The van der Waals surface area contributed by atoms with E-state index in [0.717, 1.165) is 0 Å². The molecule has 1 aliphatic rings. The molecule has 0 saturated heterocycles. The summed E-state index contributed by atoms with van der Waals surface area (Å²) < 4.78 is 0. The predicted octanol–water partition coefficient (Wildman–Crippen LogP) is -0.868. The summed E-state index contributed by atoms with van der Waals surface area (Å²) in [5, 5.41) is 9.99. The highest BCUT2D eigenvalue weighted by molar-refractivity contribution is 5.86. The fourth-order valence-electron chi connectivity index (χ4n) is 1.06. The normalized spacial score (nSPS) is 22.7. The van der Waals surface area contributed by atoms with Gasteiger partial charge in [-0.2, -0.15) is 0 Å². The third-order valence-electron chi connectivity index (χ3n) is 1.73. The van der Waals surface area contributed by atoms with Gasteiger partial charge in [-0.1, -0.05) is 6.92 Å². The van der Waals surface area contributed by atoms with E-state index in [1.165, 1.54) is 11.3 Å². The van der Waals surface area contributed by atoms with E-state index in [2.05, 4.69) is 10.4 Å². The van der Waals surface area contributed by atoms with Crippen molar-refractivity contribution in [3.05, 3.63) is 0 Å². The molecule has 5 nitrogen and oxygen atoms in total. The lowest BCUT2D eigenvalue weighted by atomic mass is 10.2. The summed E-state index contributed by atoms with van der Waals surface area (Å²) >= 11 is 0. The van der Waals surface area contributed by atoms with Gasteiger partial charge in [0.1, 0.15) is 12.4 Å². The van der Waals surface area contributed by atoms with Crippen molar-refractivity contribution >= 4 is 12.2 Å².